The molecule has 0 bridgehead atoms. The highest BCUT2D eigenvalue weighted by molar-refractivity contribution is 9.10. The molecule has 0 fully saturated rings. The summed E-state index contributed by atoms with van der Waals surface area (Å²) in [7, 11) is 0. The molecule has 2 aromatic rings. The van der Waals surface area contributed by atoms with Crippen LogP contribution in [0.15, 0.2) is 33.9 Å². The molecule has 0 aliphatic carbocycles. The Morgan fingerprint density at radius 3 is 2.74 bits per heavy atom. The second-order valence-corrected chi connectivity index (χ2v) is 4.81. The zero-order valence-electron chi connectivity index (χ0n) is 9.29. The number of pyridine rings is 1. The predicted octanol–water partition coefficient (Wildman–Crippen LogP) is 2.01. The van der Waals surface area contributed by atoms with E-state index in [4.69, 9.17) is 11.6 Å². The smallest absolute Gasteiger partial charge is 0.286 e. The molecule has 2 heterocycles. The highest BCUT2D eigenvalue weighted by Crippen LogP contribution is 2.14. The van der Waals surface area contributed by atoms with Crippen molar-refractivity contribution >= 4 is 33.2 Å². The Labute approximate surface area is 120 Å². The normalized spacial score (nSPS) is 10.4. The fraction of sp³-hybridized carbons (Fsp3) is 0.100. The van der Waals surface area contributed by atoms with Gasteiger partial charge in [-0.15, -0.1) is 0 Å². The van der Waals surface area contributed by atoms with Gasteiger partial charge in [0.25, 0.3) is 11.2 Å². The molecule has 19 heavy (non-hydrogen) atoms. The molecule has 0 aromatic carbocycles. The van der Waals surface area contributed by atoms with Gasteiger partial charge in [0.15, 0.2) is 0 Å². The fourth-order valence-electron chi connectivity index (χ4n) is 1.40. The largest absolute Gasteiger partial charge is 0.302 e. The van der Waals surface area contributed by atoms with Gasteiger partial charge in [0.2, 0.25) is 0 Å². The van der Waals surface area contributed by atoms with Crippen molar-refractivity contribution < 1.29 is 4.92 Å². The molecule has 0 N–H and O–H groups in total. The van der Waals surface area contributed by atoms with Crippen LogP contribution in [0.2, 0.25) is 5.15 Å². The van der Waals surface area contributed by atoms with Gasteiger partial charge in [0, 0.05) is 6.07 Å². The summed E-state index contributed by atoms with van der Waals surface area (Å²) < 4.78 is 1.30. The molecule has 7 nitrogen and oxygen atoms in total. The van der Waals surface area contributed by atoms with Crippen molar-refractivity contribution in [2.75, 3.05) is 0 Å². The van der Waals surface area contributed by atoms with Gasteiger partial charge in [-0.3, -0.25) is 19.9 Å². The van der Waals surface area contributed by atoms with Gasteiger partial charge >= 0.3 is 0 Å². The molecule has 0 aliphatic heterocycles. The van der Waals surface area contributed by atoms with Crippen LogP contribution >= 0.6 is 27.5 Å². The lowest BCUT2D eigenvalue weighted by molar-refractivity contribution is -0.385. The Bertz CT molecular complexity index is 686. The first-order chi connectivity index (χ1) is 8.97. The zero-order valence-corrected chi connectivity index (χ0v) is 11.6. The summed E-state index contributed by atoms with van der Waals surface area (Å²) in [4.78, 5) is 29.8. The average molecular weight is 346 g/mol. The van der Waals surface area contributed by atoms with E-state index in [9.17, 15) is 14.9 Å². The molecule has 0 atom stereocenters. The number of aromatic nitrogens is 3. The maximum Gasteiger partial charge on any atom is 0.286 e. The summed E-state index contributed by atoms with van der Waals surface area (Å²) in [5, 5.41) is 11.0. The maximum absolute atomic E-state index is 11.8. The van der Waals surface area contributed by atoms with Crippen LogP contribution in [-0.2, 0) is 6.54 Å². The van der Waals surface area contributed by atoms with Gasteiger partial charge in [0.1, 0.15) is 5.15 Å². The van der Waals surface area contributed by atoms with E-state index in [1.54, 1.807) is 0 Å². The molecular weight excluding hydrogens is 339 g/mol. The van der Waals surface area contributed by atoms with Crippen LogP contribution in [0.4, 0.5) is 5.69 Å². The molecule has 2 rings (SSSR count). The van der Waals surface area contributed by atoms with E-state index in [1.165, 1.54) is 17.0 Å². The van der Waals surface area contributed by atoms with Crippen molar-refractivity contribution in [2.24, 2.45) is 0 Å². The first-order valence-corrected chi connectivity index (χ1v) is 6.15. The standard InChI is InChI=1S/C10H6BrClN4O3/c11-8-1-7(16(18)19)5-15(10(8)17)4-6-2-14-9(12)3-13-6/h1-3,5H,4H2. The first kappa shape index (κ1) is 13.6. The molecule has 0 spiro atoms. The van der Waals surface area contributed by atoms with Gasteiger partial charge in [-0.25, -0.2) is 4.98 Å². The molecule has 0 saturated heterocycles. The number of nitro groups is 1. The molecule has 0 aliphatic rings. The van der Waals surface area contributed by atoms with Crippen molar-refractivity contribution in [1.29, 1.82) is 0 Å². The Morgan fingerprint density at radius 1 is 1.42 bits per heavy atom. The van der Waals surface area contributed by atoms with E-state index >= 15 is 0 Å². The van der Waals surface area contributed by atoms with Crippen LogP contribution < -0.4 is 5.56 Å². The van der Waals surface area contributed by atoms with Gasteiger partial charge in [-0.05, 0) is 15.9 Å². The quantitative estimate of drug-likeness (QED) is 0.627. The summed E-state index contributed by atoms with van der Waals surface area (Å²) >= 11 is 8.59. The Balaban J connectivity index is 2.41. The lowest BCUT2D eigenvalue weighted by atomic mass is 10.4. The lowest BCUT2D eigenvalue weighted by Crippen LogP contribution is -2.21. The second kappa shape index (κ2) is 5.45. The van der Waals surface area contributed by atoms with Gasteiger partial charge < -0.3 is 4.57 Å². The monoisotopic (exact) mass is 344 g/mol. The second-order valence-electron chi connectivity index (χ2n) is 3.57. The summed E-state index contributed by atoms with van der Waals surface area (Å²) in [6.45, 7) is 0.0727. The third kappa shape index (κ3) is 3.15. The number of nitrogens with zero attached hydrogens (tertiary/aromatic N) is 4. The maximum atomic E-state index is 11.8. The van der Waals surface area contributed by atoms with Crippen molar-refractivity contribution in [3.63, 3.8) is 0 Å². The highest BCUT2D eigenvalue weighted by Gasteiger charge is 2.12. The number of hydrogen-bond donors (Lipinski definition) is 0. The molecule has 9 heteroatoms. The van der Waals surface area contributed by atoms with E-state index in [0.717, 1.165) is 12.3 Å². The van der Waals surface area contributed by atoms with E-state index in [1.807, 2.05) is 0 Å². The lowest BCUT2D eigenvalue weighted by Gasteiger charge is -2.05. The van der Waals surface area contributed by atoms with E-state index in [-0.39, 0.29) is 27.4 Å². The predicted molar refractivity (Wildman–Crippen MR) is 71.2 cm³/mol. The van der Waals surface area contributed by atoms with Gasteiger partial charge in [0.05, 0.1) is 40.2 Å². The Hall–Kier alpha value is -1.80. The summed E-state index contributed by atoms with van der Waals surface area (Å²) in [6.07, 6.45) is 3.90. The first-order valence-electron chi connectivity index (χ1n) is 4.98. The van der Waals surface area contributed by atoms with Crippen molar-refractivity contribution in [3.05, 3.63) is 60.4 Å². The molecule has 2 aromatic heterocycles. The molecule has 98 valence electrons. The van der Waals surface area contributed by atoms with Gasteiger partial charge in [-0.2, -0.15) is 0 Å². The van der Waals surface area contributed by atoms with Gasteiger partial charge in [-0.1, -0.05) is 11.6 Å². The van der Waals surface area contributed by atoms with Crippen LogP contribution in [-0.4, -0.2) is 19.5 Å². The van der Waals surface area contributed by atoms with Crippen LogP contribution in [0.5, 0.6) is 0 Å². The number of halogens is 2. The van der Waals surface area contributed by atoms with E-state index < -0.39 is 4.92 Å². The SMILES string of the molecule is O=c1c(Br)cc([N+](=O)[O-])cn1Cc1cnc(Cl)cn1. The van der Waals surface area contributed by atoms with Crippen LogP contribution in [0.1, 0.15) is 5.69 Å². The summed E-state index contributed by atoms with van der Waals surface area (Å²) in [5.41, 5.74) is -0.102. The van der Waals surface area contributed by atoms with Crippen LogP contribution in [0.3, 0.4) is 0 Å². The molecule has 0 amide bonds. The molecular formula is C10H6BrClN4O3. The number of hydrogen-bond acceptors (Lipinski definition) is 5. The Kier molecular flexibility index (Phi) is 3.91. The molecule has 0 unspecified atom stereocenters. The van der Waals surface area contributed by atoms with E-state index in [2.05, 4.69) is 25.9 Å². The zero-order chi connectivity index (χ0) is 14.0. The average Bonchev–Trinajstić information content (AvgIpc) is 2.37. The van der Waals surface area contributed by atoms with E-state index in [0.29, 0.717) is 5.69 Å². The van der Waals surface area contributed by atoms with Crippen LogP contribution in [0.25, 0.3) is 0 Å². The minimum atomic E-state index is -0.575. The van der Waals surface area contributed by atoms with Crippen LogP contribution in [0, 0.1) is 10.1 Å². The van der Waals surface area contributed by atoms with Crippen molar-refractivity contribution in [1.82, 2.24) is 14.5 Å². The third-order valence-corrected chi connectivity index (χ3v) is 3.01. The van der Waals surface area contributed by atoms with Crippen molar-refractivity contribution in [3.8, 4) is 0 Å². The highest BCUT2D eigenvalue weighted by atomic mass is 79.9. The van der Waals surface area contributed by atoms with Crippen molar-refractivity contribution in [2.45, 2.75) is 6.54 Å². The molecule has 0 saturated carbocycles. The number of rotatable bonds is 3. The third-order valence-electron chi connectivity index (χ3n) is 2.24. The summed E-state index contributed by atoms with van der Waals surface area (Å²) in [5.74, 6) is 0. The minimum Gasteiger partial charge on any atom is -0.302 e. The fourth-order valence-corrected chi connectivity index (χ4v) is 1.96. The Morgan fingerprint density at radius 2 is 2.16 bits per heavy atom. The summed E-state index contributed by atoms with van der Waals surface area (Å²) in [6, 6.07) is 1.16. The molecule has 0 radical (unpaired) electrons. The topological polar surface area (TPSA) is 90.9 Å². The minimum absolute atomic E-state index is 0.0727.